The lowest BCUT2D eigenvalue weighted by Gasteiger charge is -2.30. The normalized spacial score (nSPS) is 24.4. The number of benzene rings is 1. The fraction of sp³-hybridized carbons (Fsp3) is 0.556. The molecule has 3 aliphatic heterocycles. The quantitative estimate of drug-likeness (QED) is 0.844. The number of anilines is 2. The molecule has 2 atom stereocenters. The van der Waals surface area contributed by atoms with Gasteiger partial charge in [-0.1, -0.05) is 0 Å². The SMILES string of the molecule is CC(=O)NC[C@H]1OC(=O)N2c3cc(F)c(N4CCSCC4)cc3OCC[C@H]12. The molecule has 0 bridgehead atoms. The summed E-state index contributed by atoms with van der Waals surface area (Å²) in [6, 6.07) is 2.76. The molecule has 0 unspecified atom stereocenters. The Morgan fingerprint density at radius 3 is 2.85 bits per heavy atom. The molecule has 1 N–H and O–H groups in total. The molecule has 9 heteroatoms. The Morgan fingerprint density at radius 2 is 2.11 bits per heavy atom. The average molecular weight is 395 g/mol. The van der Waals surface area contributed by atoms with Gasteiger partial charge in [0.15, 0.2) is 0 Å². The number of thioether (sulfide) groups is 1. The number of carbonyl (C=O) groups excluding carboxylic acids is 2. The van der Waals surface area contributed by atoms with E-state index in [1.807, 2.05) is 16.7 Å². The lowest BCUT2D eigenvalue weighted by molar-refractivity contribution is -0.119. The molecule has 7 nitrogen and oxygen atoms in total. The second-order valence-electron chi connectivity index (χ2n) is 6.80. The van der Waals surface area contributed by atoms with Crippen molar-refractivity contribution < 1.29 is 23.5 Å². The second-order valence-corrected chi connectivity index (χ2v) is 8.03. The van der Waals surface area contributed by atoms with E-state index in [1.54, 1.807) is 6.07 Å². The molecule has 3 aliphatic rings. The van der Waals surface area contributed by atoms with Crippen LogP contribution in [0.2, 0.25) is 0 Å². The Hall–Kier alpha value is -2.16. The van der Waals surface area contributed by atoms with E-state index in [2.05, 4.69) is 5.32 Å². The molecule has 2 fully saturated rings. The van der Waals surface area contributed by atoms with E-state index in [4.69, 9.17) is 9.47 Å². The lowest BCUT2D eigenvalue weighted by Crippen LogP contribution is -2.42. The highest BCUT2D eigenvalue weighted by Gasteiger charge is 2.45. The Kier molecular flexibility index (Phi) is 5.03. The van der Waals surface area contributed by atoms with Gasteiger partial charge in [0.05, 0.1) is 30.6 Å². The summed E-state index contributed by atoms with van der Waals surface area (Å²) in [4.78, 5) is 27.2. The van der Waals surface area contributed by atoms with Crippen molar-refractivity contribution in [3.05, 3.63) is 17.9 Å². The second kappa shape index (κ2) is 7.46. The van der Waals surface area contributed by atoms with Gasteiger partial charge in [0.25, 0.3) is 0 Å². The lowest BCUT2D eigenvalue weighted by atomic mass is 10.1. The number of amides is 2. The number of ether oxygens (including phenoxy) is 2. The number of halogens is 1. The Morgan fingerprint density at radius 1 is 1.33 bits per heavy atom. The van der Waals surface area contributed by atoms with Crippen LogP contribution in [0.4, 0.5) is 20.6 Å². The molecule has 146 valence electrons. The van der Waals surface area contributed by atoms with Crippen LogP contribution in [-0.2, 0) is 9.53 Å². The van der Waals surface area contributed by atoms with Crippen molar-refractivity contribution in [1.29, 1.82) is 0 Å². The number of hydrogen-bond acceptors (Lipinski definition) is 6. The van der Waals surface area contributed by atoms with E-state index in [9.17, 15) is 14.0 Å². The molecule has 0 radical (unpaired) electrons. The summed E-state index contributed by atoms with van der Waals surface area (Å²) in [6.45, 7) is 3.60. The minimum absolute atomic E-state index is 0.190. The molecular weight excluding hydrogens is 373 g/mol. The first-order valence-electron chi connectivity index (χ1n) is 9.08. The van der Waals surface area contributed by atoms with Crippen LogP contribution in [0.1, 0.15) is 13.3 Å². The summed E-state index contributed by atoms with van der Waals surface area (Å²) in [7, 11) is 0. The van der Waals surface area contributed by atoms with Gasteiger partial charge >= 0.3 is 6.09 Å². The molecule has 1 aromatic rings. The van der Waals surface area contributed by atoms with Crippen LogP contribution in [0.15, 0.2) is 12.1 Å². The molecule has 0 saturated carbocycles. The number of fused-ring (bicyclic) bond motifs is 3. The van der Waals surface area contributed by atoms with Gasteiger partial charge in [-0.25, -0.2) is 9.18 Å². The monoisotopic (exact) mass is 395 g/mol. The van der Waals surface area contributed by atoms with Crippen LogP contribution < -0.4 is 19.9 Å². The molecule has 0 aliphatic carbocycles. The summed E-state index contributed by atoms with van der Waals surface area (Å²) >= 11 is 1.86. The van der Waals surface area contributed by atoms with E-state index in [-0.39, 0.29) is 24.3 Å². The molecule has 1 aromatic carbocycles. The average Bonchev–Trinajstić information content (AvgIpc) is 2.84. The highest BCUT2D eigenvalue weighted by Crippen LogP contribution is 2.42. The van der Waals surface area contributed by atoms with Gasteiger partial charge in [0.1, 0.15) is 17.7 Å². The first kappa shape index (κ1) is 18.2. The summed E-state index contributed by atoms with van der Waals surface area (Å²) in [5.74, 6) is 1.85. The number of nitrogens with zero attached hydrogens (tertiary/aromatic N) is 2. The van der Waals surface area contributed by atoms with Crippen molar-refractivity contribution in [2.24, 2.45) is 0 Å². The van der Waals surface area contributed by atoms with Gasteiger partial charge in [-0.3, -0.25) is 9.69 Å². The Balaban J connectivity index is 1.64. The molecule has 4 rings (SSSR count). The van der Waals surface area contributed by atoms with Crippen LogP contribution in [-0.4, -0.2) is 61.9 Å². The van der Waals surface area contributed by atoms with Crippen molar-refractivity contribution in [3.8, 4) is 5.75 Å². The maximum atomic E-state index is 14.9. The summed E-state index contributed by atoms with van der Waals surface area (Å²) in [6.07, 6.45) is -0.483. The number of cyclic esters (lactones) is 1. The zero-order valence-corrected chi connectivity index (χ0v) is 15.9. The fourth-order valence-electron chi connectivity index (χ4n) is 3.75. The minimum Gasteiger partial charge on any atom is -0.491 e. The third-order valence-corrected chi connectivity index (χ3v) is 6.02. The number of carbonyl (C=O) groups is 2. The van der Waals surface area contributed by atoms with E-state index in [0.717, 1.165) is 24.6 Å². The van der Waals surface area contributed by atoms with Gasteiger partial charge in [-0.2, -0.15) is 11.8 Å². The summed E-state index contributed by atoms with van der Waals surface area (Å²) < 4.78 is 26.2. The third-order valence-electron chi connectivity index (χ3n) is 5.07. The third kappa shape index (κ3) is 3.52. The maximum absolute atomic E-state index is 14.9. The minimum atomic E-state index is -0.538. The summed E-state index contributed by atoms with van der Waals surface area (Å²) in [5, 5.41) is 2.68. The van der Waals surface area contributed by atoms with E-state index in [1.165, 1.54) is 17.9 Å². The largest absolute Gasteiger partial charge is 0.491 e. The first-order valence-corrected chi connectivity index (χ1v) is 10.2. The zero-order valence-electron chi connectivity index (χ0n) is 15.1. The van der Waals surface area contributed by atoms with Crippen LogP contribution >= 0.6 is 11.8 Å². The van der Waals surface area contributed by atoms with Crippen molar-refractivity contribution in [2.75, 3.05) is 47.5 Å². The van der Waals surface area contributed by atoms with Crippen molar-refractivity contribution >= 4 is 35.1 Å². The molecule has 0 spiro atoms. The highest BCUT2D eigenvalue weighted by atomic mass is 32.2. The fourth-order valence-corrected chi connectivity index (χ4v) is 4.66. The van der Waals surface area contributed by atoms with Gasteiger partial charge < -0.3 is 19.7 Å². The predicted octanol–water partition coefficient (Wildman–Crippen LogP) is 1.99. The van der Waals surface area contributed by atoms with Crippen molar-refractivity contribution in [2.45, 2.75) is 25.5 Å². The van der Waals surface area contributed by atoms with E-state index in [0.29, 0.717) is 30.2 Å². The first-order chi connectivity index (χ1) is 13.0. The zero-order chi connectivity index (χ0) is 19.0. The molecule has 2 saturated heterocycles. The maximum Gasteiger partial charge on any atom is 0.415 e. The molecule has 0 aromatic heterocycles. The van der Waals surface area contributed by atoms with Crippen LogP contribution in [0, 0.1) is 5.82 Å². The number of rotatable bonds is 3. The predicted molar refractivity (Wildman–Crippen MR) is 101 cm³/mol. The van der Waals surface area contributed by atoms with Gasteiger partial charge in [0.2, 0.25) is 5.91 Å². The summed E-state index contributed by atoms with van der Waals surface area (Å²) in [5.41, 5.74) is 0.898. The molecule has 2 amide bonds. The topological polar surface area (TPSA) is 71.1 Å². The van der Waals surface area contributed by atoms with Gasteiger partial charge in [0, 0.05) is 50.1 Å². The van der Waals surface area contributed by atoms with Crippen LogP contribution in [0.25, 0.3) is 0 Å². The molecular formula is C18H22FN3O4S. The smallest absolute Gasteiger partial charge is 0.415 e. The Labute approximate surface area is 161 Å². The standard InChI is InChI=1S/C18H22FN3O4S/c1-11(23)20-10-17-13-2-5-25-16-9-14(21-3-6-27-7-4-21)12(19)8-15(16)22(13)18(24)26-17/h8-9,13,17H,2-7,10H2,1H3,(H,20,23)/t13-,17-/m1/s1. The number of nitrogens with one attached hydrogen (secondary N) is 1. The van der Waals surface area contributed by atoms with Crippen LogP contribution in [0.5, 0.6) is 5.75 Å². The molecule has 27 heavy (non-hydrogen) atoms. The number of hydrogen-bond donors (Lipinski definition) is 1. The van der Waals surface area contributed by atoms with Gasteiger partial charge in [-0.15, -0.1) is 0 Å². The Bertz CT molecular complexity index is 756. The van der Waals surface area contributed by atoms with Crippen LogP contribution in [0.3, 0.4) is 0 Å². The van der Waals surface area contributed by atoms with Gasteiger partial charge in [-0.05, 0) is 0 Å². The molecule has 3 heterocycles. The van der Waals surface area contributed by atoms with E-state index < -0.39 is 12.2 Å². The van der Waals surface area contributed by atoms with E-state index >= 15 is 0 Å². The highest BCUT2D eigenvalue weighted by molar-refractivity contribution is 7.99. The van der Waals surface area contributed by atoms with Crippen molar-refractivity contribution in [1.82, 2.24) is 5.32 Å². The van der Waals surface area contributed by atoms with Crippen molar-refractivity contribution in [3.63, 3.8) is 0 Å².